The van der Waals surface area contributed by atoms with E-state index in [-0.39, 0.29) is 29.3 Å². The molecule has 150 valence electrons. The van der Waals surface area contributed by atoms with Gasteiger partial charge in [-0.3, -0.25) is 4.79 Å². The normalized spacial score (nSPS) is 29.7. The Hall–Kier alpha value is -1.10. The minimum atomic E-state index is -0.402. The van der Waals surface area contributed by atoms with Crippen molar-refractivity contribution in [3.05, 3.63) is 34.9 Å². The lowest BCUT2D eigenvalue weighted by Crippen LogP contribution is -2.19. The predicted octanol–water partition coefficient (Wildman–Crippen LogP) is 4.25. The zero-order valence-corrected chi connectivity index (χ0v) is 16.8. The van der Waals surface area contributed by atoms with Gasteiger partial charge >= 0.3 is 5.97 Å². The quantitative estimate of drug-likeness (QED) is 0.393. The summed E-state index contributed by atoms with van der Waals surface area (Å²) in [6.45, 7) is 0. The number of aryl methyl sites for hydroxylation is 1. The van der Waals surface area contributed by atoms with Gasteiger partial charge in [0.15, 0.2) is 0 Å². The monoisotopic (exact) mass is 394 g/mol. The lowest BCUT2D eigenvalue weighted by atomic mass is 9.83. The second-order valence-corrected chi connectivity index (χ2v) is 8.61. The first-order valence-electron chi connectivity index (χ1n) is 10.2. The Kier molecular flexibility index (Phi) is 7.18. The molecule has 1 fully saturated rings. The van der Waals surface area contributed by atoms with Crippen LogP contribution in [0.1, 0.15) is 80.1 Å². The van der Waals surface area contributed by atoms with E-state index in [4.69, 9.17) is 11.6 Å². The van der Waals surface area contributed by atoms with E-state index in [9.17, 15) is 15.0 Å². The van der Waals surface area contributed by atoms with Gasteiger partial charge in [-0.25, -0.2) is 0 Å². The fourth-order valence-electron chi connectivity index (χ4n) is 4.82. The van der Waals surface area contributed by atoms with Crippen molar-refractivity contribution in [2.75, 3.05) is 7.11 Å². The van der Waals surface area contributed by atoms with Crippen LogP contribution in [0.15, 0.2) is 18.2 Å². The number of alkyl halides is 1. The van der Waals surface area contributed by atoms with Gasteiger partial charge in [0.05, 0.1) is 19.3 Å². The third-order valence-electron chi connectivity index (χ3n) is 6.30. The molecule has 0 aromatic heterocycles. The SMILES string of the molecule is COC(=O)CCCCCC[C@@H]1[C@@H](c2ccc3c(c2)CCC3O)[C@H](O)C[C@@H]1Cl. The lowest BCUT2D eigenvalue weighted by molar-refractivity contribution is -0.140. The van der Waals surface area contributed by atoms with Gasteiger partial charge in [-0.15, -0.1) is 11.6 Å². The smallest absolute Gasteiger partial charge is 0.305 e. The fraction of sp³-hybridized carbons (Fsp3) is 0.682. The van der Waals surface area contributed by atoms with E-state index in [2.05, 4.69) is 16.9 Å². The molecular weight excluding hydrogens is 364 g/mol. The summed E-state index contributed by atoms with van der Waals surface area (Å²) in [5.74, 6) is 0.203. The molecule has 5 heteroatoms. The van der Waals surface area contributed by atoms with Crippen molar-refractivity contribution in [3.8, 4) is 0 Å². The molecule has 0 amide bonds. The maximum Gasteiger partial charge on any atom is 0.305 e. The molecule has 1 saturated carbocycles. The van der Waals surface area contributed by atoms with Crippen LogP contribution in [0.4, 0.5) is 0 Å². The van der Waals surface area contributed by atoms with Gasteiger partial charge < -0.3 is 14.9 Å². The van der Waals surface area contributed by atoms with Crippen LogP contribution < -0.4 is 0 Å². The Balaban J connectivity index is 1.56. The van der Waals surface area contributed by atoms with Crippen LogP contribution in [0, 0.1) is 5.92 Å². The Bertz CT molecular complexity index is 647. The number of unbranched alkanes of at least 4 members (excludes halogenated alkanes) is 3. The predicted molar refractivity (Wildman–Crippen MR) is 106 cm³/mol. The second-order valence-electron chi connectivity index (χ2n) is 8.05. The molecule has 5 atom stereocenters. The van der Waals surface area contributed by atoms with Crippen molar-refractivity contribution < 1.29 is 19.7 Å². The molecule has 0 radical (unpaired) electrons. The molecule has 4 nitrogen and oxygen atoms in total. The van der Waals surface area contributed by atoms with Gasteiger partial charge in [0.25, 0.3) is 0 Å². The number of fused-ring (bicyclic) bond motifs is 1. The van der Waals surface area contributed by atoms with Crippen molar-refractivity contribution in [1.29, 1.82) is 0 Å². The molecule has 0 aliphatic heterocycles. The summed E-state index contributed by atoms with van der Waals surface area (Å²) < 4.78 is 4.67. The van der Waals surface area contributed by atoms with Gasteiger partial charge in [-0.05, 0) is 54.7 Å². The number of hydrogen-bond donors (Lipinski definition) is 2. The molecule has 0 heterocycles. The Labute approximate surface area is 166 Å². The summed E-state index contributed by atoms with van der Waals surface area (Å²) in [5.41, 5.74) is 3.41. The van der Waals surface area contributed by atoms with E-state index in [0.29, 0.717) is 12.8 Å². The summed E-state index contributed by atoms with van der Waals surface area (Å²) in [6, 6.07) is 6.28. The number of aliphatic hydroxyl groups excluding tert-OH is 2. The second kappa shape index (κ2) is 9.40. The Morgan fingerprint density at radius 2 is 2.00 bits per heavy atom. The Morgan fingerprint density at radius 1 is 1.22 bits per heavy atom. The largest absolute Gasteiger partial charge is 0.469 e. The van der Waals surface area contributed by atoms with E-state index in [0.717, 1.165) is 56.1 Å². The van der Waals surface area contributed by atoms with Crippen molar-refractivity contribution in [3.63, 3.8) is 0 Å². The maximum absolute atomic E-state index is 11.2. The van der Waals surface area contributed by atoms with Crippen LogP contribution in [0.3, 0.4) is 0 Å². The molecule has 27 heavy (non-hydrogen) atoms. The molecule has 1 aromatic rings. The first-order valence-corrected chi connectivity index (χ1v) is 10.6. The maximum atomic E-state index is 11.2. The number of carbonyl (C=O) groups is 1. The van der Waals surface area contributed by atoms with E-state index >= 15 is 0 Å². The van der Waals surface area contributed by atoms with Crippen LogP contribution in [-0.4, -0.2) is 34.8 Å². The lowest BCUT2D eigenvalue weighted by Gasteiger charge is -2.24. The average Bonchev–Trinajstić information content (AvgIpc) is 3.16. The number of ether oxygens (including phenoxy) is 1. The van der Waals surface area contributed by atoms with Crippen molar-refractivity contribution in [2.45, 2.75) is 81.3 Å². The van der Waals surface area contributed by atoms with Gasteiger partial charge in [0.1, 0.15) is 0 Å². The number of benzene rings is 1. The van der Waals surface area contributed by atoms with Crippen LogP contribution in [0.5, 0.6) is 0 Å². The third-order valence-corrected chi connectivity index (χ3v) is 6.80. The Morgan fingerprint density at radius 3 is 2.78 bits per heavy atom. The molecule has 3 rings (SSSR count). The highest BCUT2D eigenvalue weighted by Crippen LogP contribution is 2.46. The number of esters is 1. The van der Waals surface area contributed by atoms with Gasteiger partial charge in [-0.1, -0.05) is 37.5 Å². The van der Waals surface area contributed by atoms with Crippen molar-refractivity contribution in [2.24, 2.45) is 5.92 Å². The first kappa shape index (κ1) is 20.6. The molecule has 2 aliphatic rings. The number of rotatable bonds is 8. The topological polar surface area (TPSA) is 66.8 Å². The highest BCUT2D eigenvalue weighted by atomic mass is 35.5. The highest BCUT2D eigenvalue weighted by molar-refractivity contribution is 6.21. The summed E-state index contributed by atoms with van der Waals surface area (Å²) in [4.78, 5) is 11.2. The summed E-state index contributed by atoms with van der Waals surface area (Å²) in [5, 5.41) is 20.6. The van der Waals surface area contributed by atoms with Crippen LogP contribution in [0.2, 0.25) is 0 Å². The fourth-order valence-corrected chi connectivity index (χ4v) is 5.28. The van der Waals surface area contributed by atoms with Gasteiger partial charge in [0.2, 0.25) is 0 Å². The zero-order chi connectivity index (χ0) is 19.4. The molecule has 0 spiro atoms. The van der Waals surface area contributed by atoms with E-state index < -0.39 is 6.10 Å². The van der Waals surface area contributed by atoms with E-state index in [1.807, 2.05) is 6.07 Å². The molecule has 1 unspecified atom stereocenters. The van der Waals surface area contributed by atoms with Crippen molar-refractivity contribution >= 4 is 17.6 Å². The van der Waals surface area contributed by atoms with E-state index in [1.165, 1.54) is 12.7 Å². The number of aliphatic hydroxyl groups is 2. The number of hydrogen-bond acceptors (Lipinski definition) is 4. The molecule has 2 aliphatic carbocycles. The van der Waals surface area contributed by atoms with Crippen molar-refractivity contribution in [1.82, 2.24) is 0 Å². The van der Waals surface area contributed by atoms with Crippen LogP contribution in [-0.2, 0) is 16.0 Å². The first-order chi connectivity index (χ1) is 13.0. The third kappa shape index (κ3) is 4.85. The number of carbonyl (C=O) groups excluding carboxylic acids is 1. The summed E-state index contributed by atoms with van der Waals surface area (Å²) in [6.07, 6.45) is 7.07. The van der Waals surface area contributed by atoms with E-state index in [1.54, 1.807) is 0 Å². The average molecular weight is 395 g/mol. The van der Waals surface area contributed by atoms with Gasteiger partial charge in [0, 0.05) is 17.7 Å². The van der Waals surface area contributed by atoms with Crippen LogP contribution in [0.25, 0.3) is 0 Å². The standard InChI is InChI=1S/C22H31ClO4/c1-27-21(26)7-5-3-2-4-6-17-18(23)13-20(25)22(17)15-8-10-16-14(12-15)9-11-19(16)24/h8,10,12,17-20,22,24-25H,2-7,9,11,13H2,1H3/t17-,18-,19?,20+,22+/m0/s1. The highest BCUT2D eigenvalue weighted by Gasteiger charge is 2.42. The van der Waals surface area contributed by atoms with Crippen LogP contribution >= 0.6 is 11.6 Å². The minimum absolute atomic E-state index is 0.00101. The molecular formula is C22H31ClO4. The minimum Gasteiger partial charge on any atom is -0.469 e. The number of methoxy groups -OCH3 is 1. The van der Waals surface area contributed by atoms with Gasteiger partial charge in [-0.2, -0.15) is 0 Å². The molecule has 1 aromatic carbocycles. The molecule has 0 saturated heterocycles. The summed E-state index contributed by atoms with van der Waals surface area (Å²) in [7, 11) is 1.42. The summed E-state index contributed by atoms with van der Waals surface area (Å²) >= 11 is 6.60. The molecule has 0 bridgehead atoms. The zero-order valence-electron chi connectivity index (χ0n) is 16.1. The number of halogens is 1. The molecule has 2 N–H and O–H groups in total.